The average Bonchev–Trinajstić information content (AvgIpc) is 2.70. The van der Waals surface area contributed by atoms with Gasteiger partial charge in [0, 0.05) is 20.6 Å². The highest BCUT2D eigenvalue weighted by Crippen LogP contribution is 2.25. The molecule has 0 aliphatic heterocycles. The van der Waals surface area contributed by atoms with Gasteiger partial charge >= 0.3 is 11.9 Å². The first-order chi connectivity index (χ1) is 13.9. The summed E-state index contributed by atoms with van der Waals surface area (Å²) in [5, 5.41) is 21.6. The average molecular weight is 420 g/mol. The number of benzene rings is 1. The predicted molar refractivity (Wildman–Crippen MR) is 102 cm³/mol. The van der Waals surface area contributed by atoms with E-state index in [0.717, 1.165) is 9.47 Å². The topological polar surface area (TPSA) is 142 Å². The van der Waals surface area contributed by atoms with Crippen LogP contribution in [0.15, 0.2) is 29.1 Å². The smallest absolute Gasteiger partial charge is 0.394 e. The van der Waals surface area contributed by atoms with Crippen molar-refractivity contribution in [3.63, 3.8) is 0 Å². The largest absolute Gasteiger partial charge is 0.501 e. The fourth-order valence-electron chi connectivity index (χ4n) is 2.71. The number of hydrogen-bond donors (Lipinski definition) is 3. The maximum absolute atomic E-state index is 13.0. The molecule has 0 spiro atoms. The van der Waals surface area contributed by atoms with Crippen LogP contribution >= 0.6 is 0 Å². The molecule has 0 atom stereocenters. The molecule has 0 radical (unpaired) electrons. The van der Waals surface area contributed by atoms with Gasteiger partial charge in [0.2, 0.25) is 5.75 Å². The van der Waals surface area contributed by atoms with Crippen LogP contribution in [-0.4, -0.2) is 49.5 Å². The molecule has 0 saturated carbocycles. The summed E-state index contributed by atoms with van der Waals surface area (Å²) in [5.74, 6) is -5.28. The number of likely N-dealkylation sites (N-methyl/N-ethyl adjacent to an activating group) is 1. The minimum absolute atomic E-state index is 0.0222. The van der Waals surface area contributed by atoms with Gasteiger partial charge in [-0.15, -0.1) is 0 Å². The Morgan fingerprint density at radius 2 is 1.80 bits per heavy atom. The van der Waals surface area contributed by atoms with Crippen molar-refractivity contribution in [3.8, 4) is 5.75 Å². The molecule has 1 aromatic heterocycles. The van der Waals surface area contributed by atoms with E-state index in [-0.39, 0.29) is 12.4 Å². The van der Waals surface area contributed by atoms with Gasteiger partial charge in [0.25, 0.3) is 11.5 Å². The highest BCUT2D eigenvalue weighted by Gasteiger charge is 2.37. The summed E-state index contributed by atoms with van der Waals surface area (Å²) >= 11 is 0. The van der Waals surface area contributed by atoms with Crippen molar-refractivity contribution >= 4 is 17.8 Å². The molecule has 1 aromatic carbocycles. The number of carboxylic acid groups (broad SMARTS) is 1. The predicted octanol–water partition coefficient (Wildman–Crippen LogP) is 0.333. The second-order valence-electron chi connectivity index (χ2n) is 7.03. The van der Waals surface area contributed by atoms with Gasteiger partial charge in [0.1, 0.15) is 11.6 Å². The maximum Gasteiger partial charge on any atom is 0.394 e. The molecule has 0 bridgehead atoms. The van der Waals surface area contributed by atoms with Gasteiger partial charge in [-0.1, -0.05) is 12.1 Å². The Morgan fingerprint density at radius 3 is 2.33 bits per heavy atom. The van der Waals surface area contributed by atoms with E-state index in [1.807, 2.05) is 0 Å². The van der Waals surface area contributed by atoms with Gasteiger partial charge in [-0.2, -0.15) is 0 Å². The van der Waals surface area contributed by atoms with Crippen molar-refractivity contribution in [2.24, 2.45) is 7.05 Å². The lowest BCUT2D eigenvalue weighted by Gasteiger charge is -2.35. The van der Waals surface area contributed by atoms with Crippen LogP contribution < -0.4 is 10.9 Å². The normalized spacial score (nSPS) is 11.1. The van der Waals surface area contributed by atoms with Crippen LogP contribution in [0.5, 0.6) is 5.75 Å². The lowest BCUT2D eigenvalue weighted by molar-refractivity contribution is -0.158. The first-order valence-corrected chi connectivity index (χ1v) is 8.72. The summed E-state index contributed by atoms with van der Waals surface area (Å²) in [6.45, 7) is 2.85. The van der Waals surface area contributed by atoms with Crippen molar-refractivity contribution < 1.29 is 29.0 Å². The summed E-state index contributed by atoms with van der Waals surface area (Å²) in [6.07, 6.45) is 0. The lowest BCUT2D eigenvalue weighted by Crippen LogP contribution is -2.49. The van der Waals surface area contributed by atoms with E-state index in [2.05, 4.69) is 10.3 Å². The third-order valence-corrected chi connectivity index (χ3v) is 4.72. The van der Waals surface area contributed by atoms with E-state index in [9.17, 15) is 28.7 Å². The zero-order chi connectivity index (χ0) is 22.8. The second-order valence-corrected chi connectivity index (χ2v) is 7.03. The lowest BCUT2D eigenvalue weighted by atomic mass is 10.0. The second kappa shape index (κ2) is 8.31. The van der Waals surface area contributed by atoms with Crippen LogP contribution in [-0.2, 0) is 28.7 Å². The third-order valence-electron chi connectivity index (χ3n) is 4.72. The number of carbonyl (C=O) groups is 3. The molecule has 0 aliphatic rings. The molecule has 2 rings (SSSR count). The number of halogens is 1. The molecule has 0 saturated heterocycles. The highest BCUT2D eigenvalue weighted by molar-refractivity contribution is 6.31. The standard InChI is InChI=1S/C19H21FN4O6/c1-19(2,24(4)16(28)17(29)30)18-22-12(13(25)15(27)23(18)3)14(26)21-9-10-5-7-11(20)8-6-10/h5-8,25H,9H2,1-4H3,(H,21,26)(H,29,30). The Balaban J connectivity index is 2.42. The molecular formula is C19H21FN4O6. The van der Waals surface area contributed by atoms with Gasteiger partial charge in [-0.05, 0) is 31.5 Å². The van der Waals surface area contributed by atoms with Gasteiger partial charge < -0.3 is 20.4 Å². The van der Waals surface area contributed by atoms with E-state index in [1.54, 1.807) is 0 Å². The summed E-state index contributed by atoms with van der Waals surface area (Å²) in [4.78, 5) is 52.8. The minimum Gasteiger partial charge on any atom is -0.501 e. The Labute approximate surface area is 170 Å². The van der Waals surface area contributed by atoms with Crippen LogP contribution in [0, 0.1) is 5.82 Å². The summed E-state index contributed by atoms with van der Waals surface area (Å²) < 4.78 is 13.9. The minimum atomic E-state index is -1.70. The fraction of sp³-hybridized carbons (Fsp3) is 0.316. The molecule has 160 valence electrons. The maximum atomic E-state index is 13.0. The number of aliphatic carboxylic acids is 1. The van der Waals surface area contributed by atoms with E-state index in [0.29, 0.717) is 5.56 Å². The van der Waals surface area contributed by atoms with Crippen LogP contribution in [0.4, 0.5) is 4.39 Å². The fourth-order valence-corrected chi connectivity index (χ4v) is 2.71. The van der Waals surface area contributed by atoms with Crippen LogP contribution in [0.2, 0.25) is 0 Å². The zero-order valence-electron chi connectivity index (χ0n) is 16.8. The van der Waals surface area contributed by atoms with E-state index >= 15 is 0 Å². The number of carboxylic acids is 1. The molecule has 30 heavy (non-hydrogen) atoms. The monoisotopic (exact) mass is 420 g/mol. The highest BCUT2D eigenvalue weighted by atomic mass is 19.1. The van der Waals surface area contributed by atoms with Gasteiger partial charge in [-0.3, -0.25) is 19.0 Å². The number of nitrogens with one attached hydrogen (secondary N) is 1. The molecular weight excluding hydrogens is 399 g/mol. The summed E-state index contributed by atoms with van der Waals surface area (Å²) in [5.41, 5.74) is -2.38. The van der Waals surface area contributed by atoms with Crippen molar-refractivity contribution in [1.82, 2.24) is 19.8 Å². The van der Waals surface area contributed by atoms with E-state index in [1.165, 1.54) is 52.2 Å². The quantitative estimate of drug-likeness (QED) is 0.592. The molecule has 0 fully saturated rings. The van der Waals surface area contributed by atoms with Crippen LogP contribution in [0.25, 0.3) is 0 Å². The van der Waals surface area contributed by atoms with Crippen molar-refractivity contribution in [3.05, 3.63) is 57.5 Å². The van der Waals surface area contributed by atoms with Crippen LogP contribution in [0.1, 0.15) is 35.7 Å². The van der Waals surface area contributed by atoms with Crippen molar-refractivity contribution in [2.75, 3.05) is 7.05 Å². The SMILES string of the molecule is CN(C(=O)C(=O)O)C(C)(C)c1nc(C(=O)NCc2ccc(F)cc2)c(O)c(=O)n1C. The molecule has 2 amide bonds. The number of aromatic hydroxyl groups is 1. The summed E-state index contributed by atoms with van der Waals surface area (Å²) in [7, 11) is 2.48. The third kappa shape index (κ3) is 4.29. The Hall–Kier alpha value is -3.76. The first-order valence-electron chi connectivity index (χ1n) is 8.72. The van der Waals surface area contributed by atoms with Crippen molar-refractivity contribution in [1.29, 1.82) is 0 Å². The molecule has 0 aliphatic carbocycles. The molecule has 1 heterocycles. The van der Waals surface area contributed by atoms with Gasteiger partial charge in [-0.25, -0.2) is 14.2 Å². The Bertz CT molecular complexity index is 1060. The van der Waals surface area contributed by atoms with Crippen LogP contribution in [0.3, 0.4) is 0 Å². The number of aromatic nitrogens is 2. The Kier molecular flexibility index (Phi) is 6.24. The summed E-state index contributed by atoms with van der Waals surface area (Å²) in [6, 6.07) is 5.33. The number of carbonyl (C=O) groups excluding carboxylic acids is 2. The molecule has 2 aromatic rings. The number of nitrogens with zero attached hydrogens (tertiary/aromatic N) is 3. The van der Waals surface area contributed by atoms with Gasteiger partial charge in [0.15, 0.2) is 5.69 Å². The number of amides is 2. The van der Waals surface area contributed by atoms with E-state index in [4.69, 9.17) is 5.11 Å². The molecule has 10 nitrogen and oxygen atoms in total. The zero-order valence-corrected chi connectivity index (χ0v) is 16.8. The molecule has 0 unspecified atom stereocenters. The van der Waals surface area contributed by atoms with Gasteiger partial charge in [0.05, 0.1) is 5.54 Å². The molecule has 11 heteroatoms. The number of hydrogen-bond acceptors (Lipinski definition) is 6. The Morgan fingerprint density at radius 1 is 1.23 bits per heavy atom. The first kappa shape index (κ1) is 22.5. The van der Waals surface area contributed by atoms with Crippen molar-refractivity contribution in [2.45, 2.75) is 25.9 Å². The molecule has 3 N–H and O–H groups in total. The number of rotatable bonds is 5. The van der Waals surface area contributed by atoms with E-state index < -0.39 is 46.1 Å².